The van der Waals surface area contributed by atoms with E-state index < -0.39 is 5.24 Å². The number of aromatic nitrogens is 2. The van der Waals surface area contributed by atoms with Crippen LogP contribution in [-0.4, -0.2) is 45.7 Å². The van der Waals surface area contributed by atoms with Gasteiger partial charge in [-0.05, 0) is 89.6 Å². The Bertz CT molecular complexity index is 1520. The summed E-state index contributed by atoms with van der Waals surface area (Å²) in [5.41, 5.74) is 22.3. The van der Waals surface area contributed by atoms with E-state index >= 15 is 0 Å². The molecule has 268 valence electrons. The fourth-order valence-electron chi connectivity index (χ4n) is 4.02. The summed E-state index contributed by atoms with van der Waals surface area (Å²) in [5.74, 6) is -0.190. The average molecular weight is 692 g/mol. The first-order valence-electron chi connectivity index (χ1n) is 16.0. The van der Waals surface area contributed by atoms with Gasteiger partial charge in [-0.1, -0.05) is 94.0 Å². The van der Waals surface area contributed by atoms with Gasteiger partial charge in [-0.25, -0.2) is 0 Å². The molecule has 0 spiro atoms. The fraction of sp³-hybridized carbons (Fsp3) is 0.385. The van der Waals surface area contributed by atoms with Gasteiger partial charge in [0, 0.05) is 23.5 Å². The van der Waals surface area contributed by atoms with E-state index in [2.05, 4.69) is 82.5 Å². The predicted molar refractivity (Wildman–Crippen MR) is 210 cm³/mol. The largest absolute Gasteiger partial charge is 0.397 e. The number of anilines is 4. The minimum absolute atomic E-state index is 0. The Kier molecular flexibility index (Phi) is 19.5. The number of carbonyl (C=O) groups excluding carboxylic acids is 2. The molecule has 0 saturated heterocycles. The number of hydrogen-bond acceptors (Lipinski definition) is 8. The lowest BCUT2D eigenvalue weighted by Gasteiger charge is -2.19. The van der Waals surface area contributed by atoms with Crippen LogP contribution in [-0.2, 0) is 10.8 Å². The normalized spacial score (nSPS) is 10.5. The van der Waals surface area contributed by atoms with Gasteiger partial charge in [0.15, 0.2) is 0 Å². The van der Waals surface area contributed by atoms with E-state index in [1.165, 1.54) is 43.2 Å². The molecule has 0 aliphatic rings. The highest BCUT2D eigenvalue weighted by atomic mass is 35.5. The van der Waals surface area contributed by atoms with E-state index in [9.17, 15) is 9.59 Å². The third-order valence-electron chi connectivity index (χ3n) is 7.32. The summed E-state index contributed by atoms with van der Waals surface area (Å²) in [6.45, 7) is 22.9. The molecular weight excluding hydrogens is 634 g/mol. The minimum Gasteiger partial charge on any atom is -0.397 e. The number of hydrogen-bond donors (Lipinski definition) is 4. The summed E-state index contributed by atoms with van der Waals surface area (Å²) in [6.07, 6.45) is 6.25. The van der Waals surface area contributed by atoms with Crippen LogP contribution in [0.3, 0.4) is 0 Å². The molecule has 0 radical (unpaired) electrons. The van der Waals surface area contributed by atoms with Crippen molar-refractivity contribution in [2.24, 2.45) is 0 Å². The van der Waals surface area contributed by atoms with E-state index in [0.717, 1.165) is 0 Å². The predicted octanol–water partition coefficient (Wildman–Crippen LogP) is 8.81. The Labute approximate surface area is 299 Å². The molecule has 49 heavy (non-hydrogen) atoms. The number of rotatable bonds is 6. The van der Waals surface area contributed by atoms with Crippen molar-refractivity contribution in [2.75, 3.05) is 42.2 Å². The third-order valence-corrected chi connectivity index (χ3v) is 7.54. The summed E-state index contributed by atoms with van der Waals surface area (Å²) in [6, 6.07) is 18.3. The number of nitrogens with two attached hydrogens (primary N) is 3. The Morgan fingerprint density at radius 2 is 1.06 bits per heavy atom. The van der Waals surface area contributed by atoms with Crippen LogP contribution in [0.15, 0.2) is 85.5 Å². The van der Waals surface area contributed by atoms with Gasteiger partial charge < -0.3 is 27.4 Å². The smallest absolute Gasteiger partial charge is 0.255 e. The fourth-order valence-corrected chi connectivity index (χ4v) is 4.14. The zero-order valence-corrected chi connectivity index (χ0v) is 30.7. The van der Waals surface area contributed by atoms with Gasteiger partial charge in [0.2, 0.25) is 0 Å². The van der Waals surface area contributed by atoms with Crippen LogP contribution in [0.2, 0.25) is 0 Å². The van der Waals surface area contributed by atoms with Crippen molar-refractivity contribution in [3.8, 4) is 0 Å². The first-order chi connectivity index (χ1) is 22.4. The molecule has 0 aliphatic heterocycles. The molecule has 4 aromatic rings. The second-order valence-corrected chi connectivity index (χ2v) is 13.3. The number of halogens is 1. The lowest BCUT2D eigenvalue weighted by Crippen LogP contribution is -2.21. The zero-order chi connectivity index (χ0) is 36.5. The molecule has 9 nitrogen and oxygen atoms in total. The van der Waals surface area contributed by atoms with Crippen LogP contribution >= 0.6 is 11.6 Å². The Balaban J connectivity index is 0.000000683. The van der Waals surface area contributed by atoms with Crippen molar-refractivity contribution in [2.45, 2.75) is 80.6 Å². The van der Waals surface area contributed by atoms with Crippen LogP contribution < -0.4 is 22.5 Å². The molecule has 0 bridgehead atoms. The molecule has 0 fully saturated rings. The van der Waals surface area contributed by atoms with Gasteiger partial charge in [-0.15, -0.1) is 0 Å². The molecule has 0 aliphatic carbocycles. The van der Waals surface area contributed by atoms with Gasteiger partial charge in [0.05, 0.1) is 35.1 Å². The molecule has 2 heterocycles. The van der Waals surface area contributed by atoms with Gasteiger partial charge in [-0.3, -0.25) is 19.6 Å². The third kappa shape index (κ3) is 16.5. The summed E-state index contributed by atoms with van der Waals surface area (Å²) < 4.78 is 0. The molecule has 7 N–H and O–H groups in total. The Morgan fingerprint density at radius 1 is 0.653 bits per heavy atom. The maximum atomic E-state index is 12.1. The van der Waals surface area contributed by atoms with Crippen molar-refractivity contribution in [3.63, 3.8) is 0 Å². The molecular formula is C39H58ClN7O2. The van der Waals surface area contributed by atoms with Crippen molar-refractivity contribution < 1.29 is 9.59 Å². The topological polar surface area (TPSA) is 153 Å². The SMILES string of the molecule is C.CC(C)(C)c1ccc(C(=O)Cl)cc1.CC(C)(C)c1ccc(C(=O)Nc2cnccc2N)cc1.CCN(CC)CC.Nc1ccncc1N. The second-order valence-electron chi connectivity index (χ2n) is 13.0. The molecule has 0 unspecified atom stereocenters. The minimum atomic E-state index is -0.402. The summed E-state index contributed by atoms with van der Waals surface area (Å²) in [7, 11) is 0. The van der Waals surface area contributed by atoms with E-state index in [1.807, 2.05) is 36.4 Å². The summed E-state index contributed by atoms with van der Waals surface area (Å²) >= 11 is 5.33. The standard InChI is InChI=1S/C16H19N3O.C11H13ClO.C6H15N.C5H7N3.CH4/c1-16(2,3)12-6-4-11(5-7-12)15(20)19-14-10-18-9-8-13(14)17;1-11(2,3)9-6-4-8(5-7-9)10(12)13;1-4-7(5-2)6-3;6-4-1-2-8-3-5(4)7;/h4-10H,1-3H3,(H2,17,18)(H,19,20);4-7H,1-3H3;4-6H2,1-3H3;1-3H,7H2,(H2,6,8);1H4. The molecule has 0 saturated carbocycles. The monoisotopic (exact) mass is 691 g/mol. The van der Waals surface area contributed by atoms with Gasteiger partial charge >= 0.3 is 0 Å². The number of pyridine rings is 2. The van der Waals surface area contributed by atoms with Crippen molar-refractivity contribution >= 4 is 45.5 Å². The summed E-state index contributed by atoms with van der Waals surface area (Å²) in [5, 5.41) is 2.36. The van der Waals surface area contributed by atoms with Gasteiger partial charge in [-0.2, -0.15) is 0 Å². The molecule has 0 atom stereocenters. The highest BCUT2D eigenvalue weighted by molar-refractivity contribution is 6.67. The maximum Gasteiger partial charge on any atom is 0.255 e. The number of nitrogens with zero attached hydrogens (tertiary/aromatic N) is 3. The number of nitrogen functional groups attached to an aromatic ring is 3. The lowest BCUT2D eigenvalue weighted by molar-refractivity contribution is 0.102. The number of benzene rings is 2. The average Bonchev–Trinajstić information content (AvgIpc) is 3.04. The van der Waals surface area contributed by atoms with Crippen molar-refractivity contribution in [1.82, 2.24) is 14.9 Å². The highest BCUT2D eigenvalue weighted by Crippen LogP contribution is 2.24. The summed E-state index contributed by atoms with van der Waals surface area (Å²) in [4.78, 5) is 33.0. The molecule has 10 heteroatoms. The second kappa shape index (κ2) is 21.5. The quantitative estimate of drug-likeness (QED) is 0.146. The van der Waals surface area contributed by atoms with E-state index in [0.29, 0.717) is 33.9 Å². The number of amides is 1. The number of nitrogens with one attached hydrogen (secondary N) is 1. The first-order valence-corrected chi connectivity index (χ1v) is 16.4. The Morgan fingerprint density at radius 3 is 1.37 bits per heavy atom. The van der Waals surface area contributed by atoms with Gasteiger partial charge in [0.25, 0.3) is 11.1 Å². The van der Waals surface area contributed by atoms with E-state index in [1.54, 1.807) is 36.7 Å². The first kappa shape index (κ1) is 44.5. The Hall–Kier alpha value is -4.47. The van der Waals surface area contributed by atoms with Crippen molar-refractivity contribution in [1.29, 1.82) is 0 Å². The van der Waals surface area contributed by atoms with E-state index in [4.69, 9.17) is 28.8 Å². The van der Waals surface area contributed by atoms with Crippen molar-refractivity contribution in [3.05, 3.63) is 108 Å². The maximum absolute atomic E-state index is 12.1. The lowest BCUT2D eigenvalue weighted by atomic mass is 9.87. The van der Waals surface area contributed by atoms with Crippen LogP contribution in [0.25, 0.3) is 0 Å². The van der Waals surface area contributed by atoms with Gasteiger partial charge in [0.1, 0.15) is 0 Å². The molecule has 2 aromatic heterocycles. The van der Waals surface area contributed by atoms with E-state index in [-0.39, 0.29) is 24.2 Å². The van der Waals surface area contributed by atoms with Crippen LogP contribution in [0.4, 0.5) is 22.7 Å². The molecule has 4 rings (SSSR count). The zero-order valence-electron chi connectivity index (χ0n) is 30.0. The molecule has 1 amide bonds. The van der Waals surface area contributed by atoms with Crippen LogP contribution in [0.1, 0.15) is 102 Å². The number of carbonyl (C=O) groups is 2. The highest BCUT2D eigenvalue weighted by Gasteiger charge is 2.15. The van der Waals surface area contributed by atoms with Crippen LogP contribution in [0.5, 0.6) is 0 Å². The van der Waals surface area contributed by atoms with Crippen LogP contribution in [0, 0.1) is 0 Å². The molecule has 2 aromatic carbocycles.